The van der Waals surface area contributed by atoms with Crippen LogP contribution in [-0.2, 0) is 6.42 Å². The molecule has 0 fully saturated rings. The monoisotopic (exact) mass is 314 g/mol. The summed E-state index contributed by atoms with van der Waals surface area (Å²) in [6, 6.07) is 18.1. The van der Waals surface area contributed by atoms with Gasteiger partial charge in [-0.1, -0.05) is 36.4 Å². The van der Waals surface area contributed by atoms with Gasteiger partial charge in [-0.2, -0.15) is 5.26 Å². The number of rotatable bonds is 5. The zero-order chi connectivity index (χ0) is 16.8. The molecule has 0 spiro atoms. The van der Waals surface area contributed by atoms with Crippen LogP contribution in [0.5, 0.6) is 0 Å². The predicted molar refractivity (Wildman–Crippen MR) is 96.9 cm³/mol. The molecule has 118 valence electrons. The molecule has 2 aromatic heterocycles. The Labute approximate surface area is 141 Å². The minimum absolute atomic E-state index is 0.510. The summed E-state index contributed by atoms with van der Waals surface area (Å²) in [5.41, 5.74) is 11.0. The quantitative estimate of drug-likeness (QED) is 0.755. The molecule has 0 aliphatic heterocycles. The standard InChI is InChI=1S/C20H18N4/c21-10-8-19-17(14-22)13-20(24-19)16-9-11-23-18(12-16)7-6-15-4-2-1-3-5-15/h1-7,9,11-13,24H,8,10,21H2. The lowest BCUT2D eigenvalue weighted by Gasteiger charge is -2.00. The van der Waals surface area contributed by atoms with Crippen LogP contribution in [0.25, 0.3) is 23.4 Å². The molecule has 2 heterocycles. The average molecular weight is 314 g/mol. The van der Waals surface area contributed by atoms with E-state index in [0.717, 1.165) is 28.2 Å². The Morgan fingerprint density at radius 2 is 1.96 bits per heavy atom. The van der Waals surface area contributed by atoms with Gasteiger partial charge < -0.3 is 10.7 Å². The molecule has 0 unspecified atom stereocenters. The number of nitrogens with two attached hydrogens (primary N) is 1. The van der Waals surface area contributed by atoms with Crippen molar-refractivity contribution in [3.8, 4) is 17.3 Å². The van der Waals surface area contributed by atoms with E-state index in [9.17, 15) is 5.26 Å². The number of aromatic nitrogens is 2. The van der Waals surface area contributed by atoms with Crippen LogP contribution >= 0.6 is 0 Å². The van der Waals surface area contributed by atoms with Gasteiger partial charge in [0.1, 0.15) is 6.07 Å². The van der Waals surface area contributed by atoms with Crippen LogP contribution in [-0.4, -0.2) is 16.5 Å². The molecular weight excluding hydrogens is 296 g/mol. The van der Waals surface area contributed by atoms with Crippen molar-refractivity contribution in [2.45, 2.75) is 6.42 Å². The highest BCUT2D eigenvalue weighted by Crippen LogP contribution is 2.23. The Bertz CT molecular complexity index is 886. The van der Waals surface area contributed by atoms with Crippen LogP contribution in [0.3, 0.4) is 0 Å². The number of hydrogen-bond acceptors (Lipinski definition) is 3. The van der Waals surface area contributed by atoms with Gasteiger partial charge in [0.2, 0.25) is 0 Å². The first-order valence-corrected chi connectivity index (χ1v) is 7.82. The average Bonchev–Trinajstić information content (AvgIpc) is 3.05. The molecule has 4 heteroatoms. The second kappa shape index (κ2) is 7.40. The molecule has 0 saturated heterocycles. The van der Waals surface area contributed by atoms with Crippen LogP contribution < -0.4 is 5.73 Å². The maximum absolute atomic E-state index is 9.24. The first kappa shape index (κ1) is 15.7. The number of aromatic amines is 1. The summed E-state index contributed by atoms with van der Waals surface area (Å²) in [5, 5.41) is 9.24. The number of nitrogens with one attached hydrogen (secondary N) is 1. The van der Waals surface area contributed by atoms with Gasteiger partial charge in [0, 0.05) is 29.6 Å². The summed E-state index contributed by atoms with van der Waals surface area (Å²) in [7, 11) is 0. The zero-order valence-corrected chi connectivity index (χ0v) is 13.2. The Kier molecular flexibility index (Phi) is 4.85. The first-order valence-electron chi connectivity index (χ1n) is 7.82. The number of H-pyrrole nitrogens is 1. The third-order valence-electron chi connectivity index (χ3n) is 3.75. The van der Waals surface area contributed by atoms with Crippen molar-refractivity contribution in [1.82, 2.24) is 9.97 Å². The molecule has 1 aromatic carbocycles. The highest BCUT2D eigenvalue weighted by molar-refractivity contribution is 5.71. The Morgan fingerprint density at radius 1 is 1.12 bits per heavy atom. The van der Waals surface area contributed by atoms with E-state index in [2.05, 4.69) is 16.0 Å². The molecule has 3 N–H and O–H groups in total. The minimum Gasteiger partial charge on any atom is -0.357 e. The SMILES string of the molecule is N#Cc1cc(-c2ccnc(C=Cc3ccccc3)c2)[nH]c1CCN. The maximum atomic E-state index is 9.24. The van der Waals surface area contributed by atoms with E-state index in [4.69, 9.17) is 5.73 Å². The summed E-state index contributed by atoms with van der Waals surface area (Å²) < 4.78 is 0. The molecule has 4 nitrogen and oxygen atoms in total. The molecule has 0 saturated carbocycles. The topological polar surface area (TPSA) is 78.5 Å². The van der Waals surface area contributed by atoms with Crippen molar-refractivity contribution in [1.29, 1.82) is 5.26 Å². The van der Waals surface area contributed by atoms with Crippen LogP contribution in [0.2, 0.25) is 0 Å². The van der Waals surface area contributed by atoms with Crippen molar-refractivity contribution in [2.24, 2.45) is 5.73 Å². The first-order chi connectivity index (χ1) is 11.8. The molecule has 3 aromatic rings. The second-order valence-corrected chi connectivity index (χ2v) is 5.44. The van der Waals surface area contributed by atoms with E-state index in [1.807, 2.05) is 60.7 Å². The minimum atomic E-state index is 0.510. The number of nitrogens with zero attached hydrogens (tertiary/aromatic N) is 2. The van der Waals surface area contributed by atoms with Gasteiger partial charge in [-0.05, 0) is 36.4 Å². The Hall–Kier alpha value is -3.16. The molecule has 0 amide bonds. The highest BCUT2D eigenvalue weighted by Gasteiger charge is 2.09. The fourth-order valence-electron chi connectivity index (χ4n) is 2.55. The largest absolute Gasteiger partial charge is 0.357 e. The Balaban J connectivity index is 1.88. The van der Waals surface area contributed by atoms with Crippen LogP contribution in [0, 0.1) is 11.3 Å². The molecule has 0 bridgehead atoms. The van der Waals surface area contributed by atoms with Crippen molar-refractivity contribution in [3.63, 3.8) is 0 Å². The molecule has 3 rings (SSSR count). The predicted octanol–water partition coefficient (Wildman–Crippen LogP) is 3.62. The summed E-state index contributed by atoms with van der Waals surface area (Å²) in [6.07, 6.45) is 6.44. The van der Waals surface area contributed by atoms with E-state index in [1.54, 1.807) is 6.20 Å². The second-order valence-electron chi connectivity index (χ2n) is 5.44. The lowest BCUT2D eigenvalue weighted by molar-refractivity contribution is 0.932. The van der Waals surface area contributed by atoms with Crippen LogP contribution in [0.1, 0.15) is 22.5 Å². The molecule has 0 radical (unpaired) electrons. The summed E-state index contributed by atoms with van der Waals surface area (Å²) >= 11 is 0. The van der Waals surface area contributed by atoms with Crippen molar-refractivity contribution in [3.05, 3.63) is 77.2 Å². The van der Waals surface area contributed by atoms with E-state index in [-0.39, 0.29) is 0 Å². The van der Waals surface area contributed by atoms with Gasteiger partial charge >= 0.3 is 0 Å². The number of nitriles is 1. The smallest absolute Gasteiger partial charge is 0.101 e. The van der Waals surface area contributed by atoms with Crippen molar-refractivity contribution < 1.29 is 0 Å². The van der Waals surface area contributed by atoms with E-state index in [1.165, 1.54) is 0 Å². The van der Waals surface area contributed by atoms with Gasteiger partial charge in [0.15, 0.2) is 0 Å². The number of benzene rings is 1. The third-order valence-corrected chi connectivity index (χ3v) is 3.75. The van der Waals surface area contributed by atoms with E-state index >= 15 is 0 Å². The van der Waals surface area contributed by atoms with Gasteiger partial charge in [-0.3, -0.25) is 4.98 Å². The maximum Gasteiger partial charge on any atom is 0.101 e. The molecule has 0 atom stereocenters. The zero-order valence-electron chi connectivity index (χ0n) is 13.2. The van der Waals surface area contributed by atoms with Crippen LogP contribution in [0.15, 0.2) is 54.7 Å². The molecule has 0 aliphatic rings. The molecule has 0 aliphatic carbocycles. The summed E-state index contributed by atoms with van der Waals surface area (Å²) in [5.74, 6) is 0. The van der Waals surface area contributed by atoms with Gasteiger partial charge in [-0.15, -0.1) is 0 Å². The lowest BCUT2D eigenvalue weighted by Crippen LogP contribution is -2.04. The fourth-order valence-corrected chi connectivity index (χ4v) is 2.55. The normalized spacial score (nSPS) is 10.8. The van der Waals surface area contributed by atoms with Gasteiger partial charge in [0.05, 0.1) is 11.3 Å². The van der Waals surface area contributed by atoms with Crippen molar-refractivity contribution >= 4 is 12.2 Å². The fraction of sp³-hybridized carbons (Fsp3) is 0.100. The van der Waals surface area contributed by atoms with Crippen LogP contribution in [0.4, 0.5) is 0 Å². The van der Waals surface area contributed by atoms with Gasteiger partial charge in [0.25, 0.3) is 0 Å². The lowest BCUT2D eigenvalue weighted by atomic mass is 10.1. The Morgan fingerprint density at radius 3 is 2.71 bits per heavy atom. The molecule has 24 heavy (non-hydrogen) atoms. The highest BCUT2D eigenvalue weighted by atomic mass is 14.7. The summed E-state index contributed by atoms with van der Waals surface area (Å²) in [6.45, 7) is 0.510. The number of pyridine rings is 1. The third kappa shape index (κ3) is 3.60. The summed E-state index contributed by atoms with van der Waals surface area (Å²) in [4.78, 5) is 7.68. The van der Waals surface area contributed by atoms with Crippen molar-refractivity contribution in [2.75, 3.05) is 6.54 Å². The van der Waals surface area contributed by atoms with E-state index in [0.29, 0.717) is 18.5 Å². The number of hydrogen-bond donors (Lipinski definition) is 2. The van der Waals surface area contributed by atoms with Gasteiger partial charge in [-0.25, -0.2) is 0 Å². The van der Waals surface area contributed by atoms with E-state index < -0.39 is 0 Å². The molecular formula is C20H18N4.